The van der Waals surface area contributed by atoms with Gasteiger partial charge >= 0.3 is 5.97 Å². The van der Waals surface area contributed by atoms with E-state index in [0.717, 1.165) is 57.8 Å². The lowest BCUT2D eigenvalue weighted by Gasteiger charge is -2.30. The van der Waals surface area contributed by atoms with E-state index in [1.807, 2.05) is 0 Å². The molecule has 0 heterocycles. The molecule has 2 unspecified atom stereocenters. The maximum Gasteiger partial charge on any atom is 0.307 e. The number of ketones is 1. The van der Waals surface area contributed by atoms with Gasteiger partial charge in [-0.05, 0) is 43.9 Å². The van der Waals surface area contributed by atoms with Gasteiger partial charge < -0.3 is 4.74 Å². The maximum atomic E-state index is 12.4. The first-order valence-corrected chi connectivity index (χ1v) is 10.7. The van der Waals surface area contributed by atoms with Crippen molar-refractivity contribution in [3.8, 4) is 12.3 Å². The Morgan fingerprint density at radius 2 is 1.81 bits per heavy atom. The summed E-state index contributed by atoms with van der Waals surface area (Å²) in [5.74, 6) is 3.82. The molecule has 0 spiro atoms. The maximum absolute atomic E-state index is 12.4. The van der Waals surface area contributed by atoms with Crippen molar-refractivity contribution in [1.29, 1.82) is 0 Å². The lowest BCUT2D eigenvalue weighted by Crippen LogP contribution is -2.34. The molecule has 3 heteroatoms. The zero-order valence-corrected chi connectivity index (χ0v) is 17.1. The molecular weight excluding hydrogens is 324 g/mol. The molecule has 148 valence electrons. The predicted molar refractivity (Wildman–Crippen MR) is 107 cm³/mol. The second-order valence-electron chi connectivity index (χ2n) is 8.10. The molecule has 0 aliphatic heterocycles. The second-order valence-corrected chi connectivity index (χ2v) is 8.10. The zero-order valence-electron chi connectivity index (χ0n) is 17.1. The standard InChI is InChI=1S/C23H38O3/c1-5-8-10-11-13-22(25)26-23(7-3,15-12-9-6-2)16-14-20-18-21(24)17-19(20)4/h3,19-20H,5-6,8-18H2,1-2,4H3/t19?,20?,23-/m0/s1. The van der Waals surface area contributed by atoms with Gasteiger partial charge in [0.25, 0.3) is 0 Å². The van der Waals surface area contributed by atoms with Crippen LogP contribution in [0.3, 0.4) is 0 Å². The first kappa shape index (κ1) is 22.7. The summed E-state index contributed by atoms with van der Waals surface area (Å²) in [6.45, 7) is 6.46. The molecular formula is C23H38O3. The molecule has 3 nitrogen and oxygen atoms in total. The summed E-state index contributed by atoms with van der Waals surface area (Å²) < 4.78 is 5.88. The topological polar surface area (TPSA) is 43.4 Å². The molecule has 0 amide bonds. The van der Waals surface area contributed by atoms with Gasteiger partial charge in [0.1, 0.15) is 5.78 Å². The van der Waals surface area contributed by atoms with Gasteiger partial charge in [-0.2, -0.15) is 0 Å². The summed E-state index contributed by atoms with van der Waals surface area (Å²) >= 11 is 0. The summed E-state index contributed by atoms with van der Waals surface area (Å²) in [6, 6.07) is 0. The van der Waals surface area contributed by atoms with Crippen LogP contribution >= 0.6 is 0 Å². The number of Topliss-reactive ketones (excluding diaryl/α,β-unsaturated/α-hetero) is 1. The van der Waals surface area contributed by atoms with E-state index in [4.69, 9.17) is 11.2 Å². The number of carbonyl (C=O) groups is 2. The number of unbranched alkanes of at least 4 members (excludes halogenated alkanes) is 5. The van der Waals surface area contributed by atoms with Crippen molar-refractivity contribution in [3.05, 3.63) is 0 Å². The second kappa shape index (κ2) is 12.2. The number of hydrogen-bond acceptors (Lipinski definition) is 3. The minimum atomic E-state index is -0.789. The molecule has 0 aromatic carbocycles. The quantitative estimate of drug-likeness (QED) is 0.234. The Labute approximate surface area is 160 Å². The number of ether oxygens (including phenoxy) is 1. The van der Waals surface area contributed by atoms with Crippen molar-refractivity contribution < 1.29 is 14.3 Å². The highest BCUT2D eigenvalue weighted by molar-refractivity contribution is 5.81. The predicted octanol–water partition coefficient (Wildman–Crippen LogP) is 5.85. The van der Waals surface area contributed by atoms with Crippen LogP contribution in [0.2, 0.25) is 0 Å². The Kier molecular flexibility index (Phi) is 10.6. The van der Waals surface area contributed by atoms with E-state index >= 15 is 0 Å². The fourth-order valence-electron chi connectivity index (χ4n) is 3.93. The van der Waals surface area contributed by atoms with Crippen LogP contribution in [0, 0.1) is 24.2 Å². The molecule has 1 rings (SSSR count). The van der Waals surface area contributed by atoms with Crippen LogP contribution in [0.25, 0.3) is 0 Å². The van der Waals surface area contributed by atoms with Crippen LogP contribution in [-0.4, -0.2) is 17.4 Å². The first-order chi connectivity index (χ1) is 12.5. The lowest BCUT2D eigenvalue weighted by atomic mass is 9.85. The third-order valence-electron chi connectivity index (χ3n) is 5.75. The highest BCUT2D eigenvalue weighted by Gasteiger charge is 2.36. The monoisotopic (exact) mass is 362 g/mol. The highest BCUT2D eigenvalue weighted by atomic mass is 16.6. The zero-order chi connectivity index (χ0) is 19.4. The van der Waals surface area contributed by atoms with E-state index in [1.165, 1.54) is 0 Å². The van der Waals surface area contributed by atoms with Crippen molar-refractivity contribution in [2.75, 3.05) is 0 Å². The summed E-state index contributed by atoms with van der Waals surface area (Å²) in [5.41, 5.74) is -0.789. The van der Waals surface area contributed by atoms with Crippen LogP contribution in [0.4, 0.5) is 0 Å². The Morgan fingerprint density at radius 3 is 2.38 bits per heavy atom. The smallest absolute Gasteiger partial charge is 0.307 e. The van der Waals surface area contributed by atoms with E-state index < -0.39 is 5.60 Å². The minimum Gasteiger partial charge on any atom is -0.446 e. The van der Waals surface area contributed by atoms with E-state index in [-0.39, 0.29) is 5.97 Å². The number of terminal acetylenes is 1. The molecule has 0 aromatic heterocycles. The van der Waals surface area contributed by atoms with Gasteiger partial charge in [-0.1, -0.05) is 58.8 Å². The molecule has 1 saturated carbocycles. The molecule has 1 aliphatic rings. The van der Waals surface area contributed by atoms with Gasteiger partial charge in [0, 0.05) is 19.3 Å². The van der Waals surface area contributed by atoms with Gasteiger partial charge in [0.05, 0.1) is 0 Å². The van der Waals surface area contributed by atoms with Crippen LogP contribution in [-0.2, 0) is 14.3 Å². The summed E-state index contributed by atoms with van der Waals surface area (Å²) in [6.07, 6.45) is 17.3. The largest absolute Gasteiger partial charge is 0.446 e. The van der Waals surface area contributed by atoms with Crippen molar-refractivity contribution in [2.45, 2.75) is 110 Å². The van der Waals surface area contributed by atoms with E-state index in [9.17, 15) is 9.59 Å². The summed E-state index contributed by atoms with van der Waals surface area (Å²) in [5, 5.41) is 0. The molecule has 1 fully saturated rings. The molecule has 0 radical (unpaired) electrons. The van der Waals surface area contributed by atoms with Crippen molar-refractivity contribution in [3.63, 3.8) is 0 Å². The first-order valence-electron chi connectivity index (χ1n) is 10.7. The van der Waals surface area contributed by atoms with E-state index in [1.54, 1.807) is 0 Å². The molecule has 0 saturated heterocycles. The average molecular weight is 363 g/mol. The molecule has 26 heavy (non-hydrogen) atoms. The molecule has 0 aromatic rings. The number of esters is 1. The van der Waals surface area contributed by atoms with Gasteiger partial charge in [-0.25, -0.2) is 0 Å². The third-order valence-corrected chi connectivity index (χ3v) is 5.75. The lowest BCUT2D eigenvalue weighted by molar-refractivity contribution is -0.156. The van der Waals surface area contributed by atoms with E-state index in [0.29, 0.717) is 43.3 Å². The summed E-state index contributed by atoms with van der Waals surface area (Å²) in [7, 11) is 0. The average Bonchev–Trinajstić information content (AvgIpc) is 2.94. The summed E-state index contributed by atoms with van der Waals surface area (Å²) in [4.78, 5) is 24.0. The van der Waals surface area contributed by atoms with Crippen LogP contribution in [0.1, 0.15) is 104 Å². The molecule has 3 atom stereocenters. The van der Waals surface area contributed by atoms with Gasteiger partial charge in [0.2, 0.25) is 0 Å². The van der Waals surface area contributed by atoms with Crippen LogP contribution < -0.4 is 0 Å². The Bertz CT molecular complexity index is 476. The molecule has 0 bridgehead atoms. The number of rotatable bonds is 13. The number of hydrogen-bond donors (Lipinski definition) is 0. The fraction of sp³-hybridized carbons (Fsp3) is 0.826. The highest BCUT2D eigenvalue weighted by Crippen LogP contribution is 2.36. The van der Waals surface area contributed by atoms with Crippen LogP contribution in [0.5, 0.6) is 0 Å². The third kappa shape index (κ3) is 7.94. The minimum absolute atomic E-state index is 0.161. The van der Waals surface area contributed by atoms with E-state index in [2.05, 4.69) is 26.7 Å². The normalized spacial score (nSPS) is 22.0. The van der Waals surface area contributed by atoms with Crippen molar-refractivity contribution >= 4 is 11.8 Å². The Balaban J connectivity index is 2.63. The van der Waals surface area contributed by atoms with Crippen molar-refractivity contribution in [1.82, 2.24) is 0 Å². The SMILES string of the molecule is C#C[C@](CCCCC)(CCC1CC(=O)CC1C)OC(=O)CCCCCC. The van der Waals surface area contributed by atoms with Gasteiger partial charge in [-0.15, -0.1) is 6.42 Å². The van der Waals surface area contributed by atoms with Gasteiger partial charge in [-0.3, -0.25) is 9.59 Å². The van der Waals surface area contributed by atoms with Gasteiger partial charge in [0.15, 0.2) is 5.60 Å². The van der Waals surface area contributed by atoms with Crippen molar-refractivity contribution in [2.24, 2.45) is 11.8 Å². The molecule has 1 aliphatic carbocycles. The van der Waals surface area contributed by atoms with Crippen LogP contribution in [0.15, 0.2) is 0 Å². The molecule has 0 N–H and O–H groups in total. The Morgan fingerprint density at radius 1 is 1.12 bits per heavy atom. The fourth-order valence-corrected chi connectivity index (χ4v) is 3.93. The number of carbonyl (C=O) groups excluding carboxylic acids is 2. The Hall–Kier alpha value is -1.30.